The van der Waals surface area contributed by atoms with Crippen LogP contribution < -0.4 is 0 Å². The first-order valence-electron chi connectivity index (χ1n) is 9.79. The zero-order chi connectivity index (χ0) is 21.5. The maximum Gasteiger partial charge on any atom is 0.341 e. The van der Waals surface area contributed by atoms with E-state index in [9.17, 15) is 9.18 Å². The largest absolute Gasteiger partial charge is 0.503 e. The molecule has 3 rings (SSSR count). The third-order valence-electron chi connectivity index (χ3n) is 5.16. The van der Waals surface area contributed by atoms with E-state index < -0.39 is 5.97 Å². The van der Waals surface area contributed by atoms with Crippen molar-refractivity contribution in [3.63, 3.8) is 0 Å². The molecule has 0 aromatic heterocycles. The minimum atomic E-state index is -0.441. The van der Waals surface area contributed by atoms with Gasteiger partial charge in [-0.25, -0.2) is 9.18 Å². The van der Waals surface area contributed by atoms with Crippen molar-refractivity contribution in [2.45, 2.75) is 19.8 Å². The fraction of sp³-hybridized carbons (Fsp3) is 0.192. The molecule has 0 atom stereocenters. The summed E-state index contributed by atoms with van der Waals surface area (Å²) in [5.41, 5.74) is 6.07. The predicted octanol–water partition coefficient (Wildman–Crippen LogP) is 5.75. The van der Waals surface area contributed by atoms with Crippen molar-refractivity contribution in [3.05, 3.63) is 101 Å². The molecule has 4 heteroatoms. The molecule has 0 aliphatic rings. The second-order valence-corrected chi connectivity index (χ2v) is 7.03. The highest BCUT2D eigenvalue weighted by Crippen LogP contribution is 2.29. The van der Waals surface area contributed by atoms with Gasteiger partial charge in [-0.1, -0.05) is 60.7 Å². The quantitative estimate of drug-likeness (QED) is 0.286. The molecule has 3 aromatic carbocycles. The number of methoxy groups -OCH3 is 2. The molecule has 0 heterocycles. The van der Waals surface area contributed by atoms with Gasteiger partial charge in [0.1, 0.15) is 11.4 Å². The van der Waals surface area contributed by atoms with E-state index in [1.807, 2.05) is 55.5 Å². The summed E-state index contributed by atoms with van der Waals surface area (Å²) in [5.74, 6) is -0.632. The number of halogens is 1. The Morgan fingerprint density at radius 3 is 2.30 bits per heavy atom. The fourth-order valence-electron chi connectivity index (χ4n) is 3.49. The van der Waals surface area contributed by atoms with Gasteiger partial charge in [-0.3, -0.25) is 0 Å². The van der Waals surface area contributed by atoms with Crippen LogP contribution in [0.4, 0.5) is 4.39 Å². The smallest absolute Gasteiger partial charge is 0.341 e. The number of benzene rings is 3. The Balaban J connectivity index is 1.79. The molecular formula is C26H25FO3. The van der Waals surface area contributed by atoms with Gasteiger partial charge in [0.25, 0.3) is 0 Å². The summed E-state index contributed by atoms with van der Waals surface area (Å²) in [6, 6.07) is 21.1. The Labute approximate surface area is 176 Å². The van der Waals surface area contributed by atoms with Gasteiger partial charge in [0.15, 0.2) is 0 Å². The van der Waals surface area contributed by atoms with Gasteiger partial charge in [-0.2, -0.15) is 0 Å². The first-order valence-corrected chi connectivity index (χ1v) is 9.79. The predicted molar refractivity (Wildman–Crippen MR) is 117 cm³/mol. The molecule has 0 unspecified atom stereocenters. The lowest BCUT2D eigenvalue weighted by Crippen LogP contribution is -2.04. The zero-order valence-corrected chi connectivity index (χ0v) is 17.4. The van der Waals surface area contributed by atoms with Crippen LogP contribution in [-0.2, 0) is 27.1 Å². The maximum absolute atomic E-state index is 14.0. The highest BCUT2D eigenvalue weighted by Gasteiger charge is 2.13. The molecule has 0 spiro atoms. The molecule has 0 bridgehead atoms. The van der Waals surface area contributed by atoms with E-state index in [2.05, 4.69) is 6.07 Å². The number of esters is 1. The number of carbonyl (C=O) groups excluding carboxylic acids is 1. The molecule has 0 amide bonds. The Hall–Kier alpha value is -3.40. The molecule has 30 heavy (non-hydrogen) atoms. The lowest BCUT2D eigenvalue weighted by Gasteiger charge is -2.13. The lowest BCUT2D eigenvalue weighted by atomic mass is 9.92. The number of carbonyl (C=O) groups is 1. The van der Waals surface area contributed by atoms with E-state index in [0.29, 0.717) is 11.1 Å². The van der Waals surface area contributed by atoms with Crippen molar-refractivity contribution in [2.75, 3.05) is 14.2 Å². The van der Waals surface area contributed by atoms with Gasteiger partial charge in [0.05, 0.1) is 20.5 Å². The molecule has 0 fully saturated rings. The third kappa shape index (κ3) is 4.77. The van der Waals surface area contributed by atoms with E-state index >= 15 is 0 Å². The topological polar surface area (TPSA) is 35.5 Å². The first-order chi connectivity index (χ1) is 14.5. The summed E-state index contributed by atoms with van der Waals surface area (Å²) >= 11 is 0. The van der Waals surface area contributed by atoms with E-state index in [1.165, 1.54) is 32.1 Å². The average molecular weight is 404 g/mol. The van der Waals surface area contributed by atoms with Gasteiger partial charge < -0.3 is 9.47 Å². The van der Waals surface area contributed by atoms with E-state index in [4.69, 9.17) is 9.47 Å². The highest BCUT2D eigenvalue weighted by atomic mass is 19.1. The average Bonchev–Trinajstić information content (AvgIpc) is 2.78. The van der Waals surface area contributed by atoms with E-state index in [0.717, 1.165) is 35.1 Å². The monoisotopic (exact) mass is 404 g/mol. The normalized spacial score (nSPS) is 11.3. The number of hydrogen-bond donors (Lipinski definition) is 0. The van der Waals surface area contributed by atoms with Crippen molar-refractivity contribution in [1.29, 1.82) is 0 Å². The molecule has 0 radical (unpaired) electrons. The molecular weight excluding hydrogens is 379 g/mol. The number of ether oxygens (including phenoxy) is 2. The van der Waals surface area contributed by atoms with E-state index in [1.54, 1.807) is 6.07 Å². The number of aryl methyl sites for hydroxylation is 2. The molecule has 154 valence electrons. The maximum atomic E-state index is 14.0. The second kappa shape index (κ2) is 9.88. The summed E-state index contributed by atoms with van der Waals surface area (Å²) in [7, 11) is 2.84. The highest BCUT2D eigenvalue weighted by molar-refractivity contribution is 6.16. The lowest BCUT2D eigenvalue weighted by molar-refractivity contribution is -0.133. The van der Waals surface area contributed by atoms with Gasteiger partial charge in [-0.15, -0.1) is 0 Å². The van der Waals surface area contributed by atoms with Crippen LogP contribution in [0.2, 0.25) is 0 Å². The molecule has 0 aliphatic heterocycles. The molecule has 0 saturated heterocycles. The van der Waals surface area contributed by atoms with Crippen LogP contribution in [0, 0.1) is 12.7 Å². The van der Waals surface area contributed by atoms with Crippen molar-refractivity contribution in [1.82, 2.24) is 0 Å². The van der Waals surface area contributed by atoms with Gasteiger partial charge >= 0.3 is 5.97 Å². The minimum Gasteiger partial charge on any atom is -0.503 e. The Morgan fingerprint density at radius 2 is 1.60 bits per heavy atom. The summed E-state index contributed by atoms with van der Waals surface area (Å²) in [6.07, 6.45) is 3.04. The van der Waals surface area contributed by atoms with Crippen molar-refractivity contribution in [2.24, 2.45) is 0 Å². The Morgan fingerprint density at radius 1 is 0.900 bits per heavy atom. The molecule has 0 N–H and O–H groups in total. The summed E-state index contributed by atoms with van der Waals surface area (Å²) in [5, 5.41) is 0. The summed E-state index contributed by atoms with van der Waals surface area (Å²) in [6.45, 7) is 1.81. The number of hydrogen-bond acceptors (Lipinski definition) is 3. The van der Waals surface area contributed by atoms with Gasteiger partial charge in [0, 0.05) is 0 Å². The fourth-order valence-corrected chi connectivity index (χ4v) is 3.49. The SMILES string of the molecule is CO/C=C(\C(=O)OC)c1ccc(CCc2ccccc2-c2cccc(F)c2C)cc1. The molecule has 0 aliphatic carbocycles. The summed E-state index contributed by atoms with van der Waals surface area (Å²) < 4.78 is 23.9. The first kappa shape index (κ1) is 21.3. The molecule has 0 saturated carbocycles. The number of rotatable bonds is 7. The van der Waals surface area contributed by atoms with Gasteiger partial charge in [-0.05, 0) is 59.2 Å². The van der Waals surface area contributed by atoms with Crippen molar-refractivity contribution in [3.8, 4) is 11.1 Å². The Bertz CT molecular complexity index is 1050. The van der Waals surface area contributed by atoms with Crippen molar-refractivity contribution < 1.29 is 18.7 Å². The Kier molecular flexibility index (Phi) is 7.02. The van der Waals surface area contributed by atoms with Crippen molar-refractivity contribution >= 4 is 11.5 Å². The van der Waals surface area contributed by atoms with Gasteiger partial charge in [0.2, 0.25) is 0 Å². The van der Waals surface area contributed by atoms with Crippen LogP contribution >= 0.6 is 0 Å². The second-order valence-electron chi connectivity index (χ2n) is 7.03. The van der Waals surface area contributed by atoms with Crippen LogP contribution in [0.25, 0.3) is 16.7 Å². The van der Waals surface area contributed by atoms with E-state index in [-0.39, 0.29) is 5.82 Å². The van der Waals surface area contributed by atoms with Crippen LogP contribution in [0.15, 0.2) is 73.0 Å². The van der Waals surface area contributed by atoms with Crippen LogP contribution in [-0.4, -0.2) is 20.2 Å². The van der Waals surface area contributed by atoms with Crippen LogP contribution in [0.1, 0.15) is 22.3 Å². The summed E-state index contributed by atoms with van der Waals surface area (Å²) in [4.78, 5) is 11.9. The third-order valence-corrected chi connectivity index (χ3v) is 5.16. The molecule has 3 aromatic rings. The molecule has 3 nitrogen and oxygen atoms in total. The minimum absolute atomic E-state index is 0.191. The van der Waals surface area contributed by atoms with Crippen LogP contribution in [0.5, 0.6) is 0 Å². The van der Waals surface area contributed by atoms with Crippen LogP contribution in [0.3, 0.4) is 0 Å². The standard InChI is InChI=1S/C26H25FO3/c1-18-22(9-6-10-25(18)27)23-8-5-4-7-20(23)14-11-19-12-15-21(16-13-19)24(17-29-2)26(28)30-3/h4-10,12-13,15-17H,11,14H2,1-3H3/b24-17-. The zero-order valence-electron chi connectivity index (χ0n) is 17.4.